The number of thioether (sulfide) groups is 1. The van der Waals surface area contributed by atoms with Gasteiger partial charge in [0.1, 0.15) is 11.4 Å². The first-order chi connectivity index (χ1) is 21.4. The maximum atomic E-state index is 13.6. The zero-order chi connectivity index (χ0) is 30.9. The fourth-order valence-electron chi connectivity index (χ4n) is 4.60. The minimum absolute atomic E-state index is 0.0873. The van der Waals surface area contributed by atoms with E-state index in [1.54, 1.807) is 61.8 Å². The predicted molar refractivity (Wildman–Crippen MR) is 177 cm³/mol. The molecule has 4 N–H and O–H groups in total. The Kier molecular flexibility index (Phi) is 9.78. The van der Waals surface area contributed by atoms with E-state index in [0.717, 1.165) is 21.4 Å². The number of H-pyrrole nitrogens is 1. The summed E-state index contributed by atoms with van der Waals surface area (Å²) in [5.74, 6) is -0.448. The molecule has 0 radical (unpaired) electrons. The molecule has 0 spiro atoms. The monoisotopic (exact) mass is 604 g/mol. The minimum atomic E-state index is -0.484. The summed E-state index contributed by atoms with van der Waals surface area (Å²) in [5.41, 5.74) is 3.32. The van der Waals surface area contributed by atoms with E-state index < -0.39 is 11.8 Å². The number of methoxy groups -OCH3 is 1. The topological polar surface area (TPSA) is 112 Å². The van der Waals surface area contributed by atoms with Crippen molar-refractivity contribution < 1.29 is 19.1 Å². The number of nitrogens with one attached hydrogen (secondary N) is 4. The van der Waals surface area contributed by atoms with Crippen LogP contribution in [0.2, 0.25) is 0 Å². The predicted octanol–water partition coefficient (Wildman–Crippen LogP) is 7.10. The number of hydrogen-bond donors (Lipinski definition) is 4. The second-order valence-corrected chi connectivity index (χ2v) is 11.1. The smallest absolute Gasteiger partial charge is 0.272 e. The van der Waals surface area contributed by atoms with Gasteiger partial charge in [0.15, 0.2) is 0 Å². The van der Waals surface area contributed by atoms with E-state index in [9.17, 15) is 14.4 Å². The Morgan fingerprint density at radius 2 is 1.64 bits per heavy atom. The maximum Gasteiger partial charge on any atom is 0.272 e. The third-order valence-corrected chi connectivity index (χ3v) is 8.21. The molecule has 1 unspecified atom stereocenters. The van der Waals surface area contributed by atoms with Crippen molar-refractivity contribution in [3.8, 4) is 5.75 Å². The van der Waals surface area contributed by atoms with Gasteiger partial charge in [-0.3, -0.25) is 14.4 Å². The molecule has 5 aromatic rings. The highest BCUT2D eigenvalue weighted by atomic mass is 32.2. The lowest BCUT2D eigenvalue weighted by Crippen LogP contribution is -2.30. The molecule has 0 aliphatic heterocycles. The van der Waals surface area contributed by atoms with Gasteiger partial charge in [-0.15, -0.1) is 11.8 Å². The van der Waals surface area contributed by atoms with E-state index in [1.165, 1.54) is 11.8 Å². The van der Waals surface area contributed by atoms with Gasteiger partial charge in [0.05, 0.1) is 18.0 Å². The van der Waals surface area contributed by atoms with Crippen molar-refractivity contribution in [3.05, 3.63) is 126 Å². The van der Waals surface area contributed by atoms with Gasteiger partial charge in [0.25, 0.3) is 11.8 Å². The molecule has 1 heterocycles. The van der Waals surface area contributed by atoms with Crippen molar-refractivity contribution in [2.45, 2.75) is 23.5 Å². The Bertz CT molecular complexity index is 1820. The number of anilines is 2. The summed E-state index contributed by atoms with van der Waals surface area (Å²) in [7, 11) is 1.56. The van der Waals surface area contributed by atoms with Crippen molar-refractivity contribution in [1.29, 1.82) is 0 Å². The summed E-state index contributed by atoms with van der Waals surface area (Å²) >= 11 is 1.40. The van der Waals surface area contributed by atoms with E-state index in [0.29, 0.717) is 29.1 Å². The molecule has 0 bridgehead atoms. The molecule has 9 heteroatoms. The molecule has 44 heavy (non-hydrogen) atoms. The second kappa shape index (κ2) is 14.3. The molecule has 4 aromatic carbocycles. The number of hydrogen-bond acceptors (Lipinski definition) is 5. The molecule has 0 saturated carbocycles. The van der Waals surface area contributed by atoms with Crippen molar-refractivity contribution in [1.82, 2.24) is 10.3 Å². The highest BCUT2D eigenvalue weighted by molar-refractivity contribution is 8.00. The van der Waals surface area contributed by atoms with Gasteiger partial charge in [-0.1, -0.05) is 61.5 Å². The van der Waals surface area contributed by atoms with Gasteiger partial charge in [-0.05, 0) is 61.0 Å². The molecule has 0 aliphatic carbocycles. The van der Waals surface area contributed by atoms with Crippen LogP contribution < -0.4 is 20.7 Å². The van der Waals surface area contributed by atoms with Crippen LogP contribution in [0.25, 0.3) is 17.0 Å². The molecule has 222 valence electrons. The van der Waals surface area contributed by atoms with Gasteiger partial charge < -0.3 is 25.7 Å². The third-order valence-electron chi connectivity index (χ3n) is 6.85. The Morgan fingerprint density at radius 1 is 0.886 bits per heavy atom. The van der Waals surface area contributed by atoms with E-state index in [1.807, 2.05) is 67.6 Å². The summed E-state index contributed by atoms with van der Waals surface area (Å²) in [6.07, 6.45) is 4.04. The van der Waals surface area contributed by atoms with Crippen molar-refractivity contribution in [2.24, 2.45) is 0 Å². The number of benzene rings is 4. The molecule has 1 atom stereocenters. The Hall–Kier alpha value is -5.28. The van der Waals surface area contributed by atoms with E-state index >= 15 is 0 Å². The third kappa shape index (κ3) is 7.37. The number of aromatic amines is 1. The van der Waals surface area contributed by atoms with Crippen LogP contribution >= 0.6 is 11.8 Å². The van der Waals surface area contributed by atoms with Crippen LogP contribution in [0.15, 0.2) is 120 Å². The molecule has 3 amide bonds. The van der Waals surface area contributed by atoms with E-state index in [2.05, 4.69) is 20.9 Å². The summed E-state index contributed by atoms with van der Waals surface area (Å²) in [5, 5.41) is 9.19. The van der Waals surface area contributed by atoms with Crippen molar-refractivity contribution in [2.75, 3.05) is 17.7 Å². The molecule has 5 rings (SSSR count). The van der Waals surface area contributed by atoms with E-state index in [4.69, 9.17) is 4.74 Å². The lowest BCUT2D eigenvalue weighted by Gasteiger charge is -2.17. The number of para-hydroxylation sites is 3. The van der Waals surface area contributed by atoms with Crippen LogP contribution in [-0.2, 0) is 9.59 Å². The van der Waals surface area contributed by atoms with Crippen LogP contribution in [0.4, 0.5) is 11.4 Å². The van der Waals surface area contributed by atoms with Crippen molar-refractivity contribution in [3.63, 3.8) is 0 Å². The largest absolute Gasteiger partial charge is 0.495 e. The van der Waals surface area contributed by atoms with Gasteiger partial charge >= 0.3 is 0 Å². The van der Waals surface area contributed by atoms with Gasteiger partial charge in [-0.25, -0.2) is 0 Å². The molecule has 8 nitrogen and oxygen atoms in total. The lowest BCUT2D eigenvalue weighted by atomic mass is 10.1. The normalized spacial score (nSPS) is 11.9. The Labute approximate surface area is 259 Å². The lowest BCUT2D eigenvalue weighted by molar-refractivity contribution is -0.116. The second-order valence-electron chi connectivity index (χ2n) is 9.85. The summed E-state index contributed by atoms with van der Waals surface area (Å²) < 4.78 is 5.36. The number of amides is 3. The van der Waals surface area contributed by atoms with Crippen molar-refractivity contribution >= 4 is 57.8 Å². The van der Waals surface area contributed by atoms with Crippen LogP contribution in [0.5, 0.6) is 5.75 Å². The quantitative estimate of drug-likeness (QED) is 0.0950. The molecular formula is C35H32N4O4S. The number of ether oxygens (including phenoxy) is 1. The fraction of sp³-hybridized carbons (Fsp3) is 0.114. The Morgan fingerprint density at radius 3 is 2.43 bits per heavy atom. The molecule has 0 saturated heterocycles. The standard InChI is InChI=1S/C35H32N4O4S/c1-3-32(35(42)38-29-18-9-10-19-31(29)43-2)44-26-15-11-14-25(21-26)37-34(41)30(39-33(40)23-12-5-4-6-13-23)20-24-22-36-28-17-8-7-16-27(24)28/h4-22,32,36H,3H2,1-2H3,(H,37,41)(H,38,42)(H,39,40)/b30-20-. The SMILES string of the molecule is CCC(Sc1cccc(NC(=O)/C(=C/c2c[nH]c3ccccc23)NC(=O)c2ccccc2)c1)C(=O)Nc1ccccc1OC. The summed E-state index contributed by atoms with van der Waals surface area (Å²) in [6.45, 7) is 1.95. The zero-order valence-electron chi connectivity index (χ0n) is 24.3. The summed E-state index contributed by atoms with van der Waals surface area (Å²) in [6, 6.07) is 31.0. The molecule has 0 aliphatic rings. The van der Waals surface area contributed by atoms with Crippen LogP contribution in [0, 0.1) is 0 Å². The van der Waals surface area contributed by atoms with Crippen LogP contribution in [0.3, 0.4) is 0 Å². The number of carbonyl (C=O) groups excluding carboxylic acids is 3. The maximum absolute atomic E-state index is 13.6. The van der Waals surface area contributed by atoms with Gasteiger partial charge in [-0.2, -0.15) is 0 Å². The number of aromatic nitrogens is 1. The number of fused-ring (bicyclic) bond motifs is 1. The Balaban J connectivity index is 1.35. The van der Waals surface area contributed by atoms with Gasteiger partial charge in [0.2, 0.25) is 5.91 Å². The van der Waals surface area contributed by atoms with Crippen LogP contribution in [-0.4, -0.2) is 35.1 Å². The molecule has 1 aromatic heterocycles. The highest BCUT2D eigenvalue weighted by Crippen LogP contribution is 2.30. The van der Waals surface area contributed by atoms with E-state index in [-0.39, 0.29) is 16.9 Å². The highest BCUT2D eigenvalue weighted by Gasteiger charge is 2.20. The first-order valence-corrected chi connectivity index (χ1v) is 15.0. The first kappa shape index (κ1) is 30.2. The average molecular weight is 605 g/mol. The van der Waals surface area contributed by atoms with Crippen LogP contribution in [0.1, 0.15) is 29.3 Å². The number of carbonyl (C=O) groups is 3. The molecular weight excluding hydrogens is 572 g/mol. The zero-order valence-corrected chi connectivity index (χ0v) is 25.1. The molecule has 0 fully saturated rings. The fourth-order valence-corrected chi connectivity index (χ4v) is 5.62. The number of rotatable bonds is 11. The average Bonchev–Trinajstić information content (AvgIpc) is 3.46. The summed E-state index contributed by atoms with van der Waals surface area (Å²) in [4.78, 5) is 43.8. The first-order valence-electron chi connectivity index (χ1n) is 14.1. The minimum Gasteiger partial charge on any atom is -0.495 e. The van der Waals surface area contributed by atoms with Gasteiger partial charge in [0, 0.05) is 38.8 Å².